The summed E-state index contributed by atoms with van der Waals surface area (Å²) in [5, 5.41) is 12.2. The normalized spacial score (nSPS) is 11.0. The summed E-state index contributed by atoms with van der Waals surface area (Å²) in [6, 6.07) is 57.2. The van der Waals surface area contributed by atoms with Crippen LogP contribution in [0.5, 0.6) is 0 Å². The molecule has 4 heterocycles. The number of methoxy groups -OCH3 is 1. The van der Waals surface area contributed by atoms with E-state index in [0.29, 0.717) is 24.0 Å². The maximum atomic E-state index is 12.6. The van der Waals surface area contributed by atoms with Crippen LogP contribution in [0.25, 0.3) is 44.1 Å². The van der Waals surface area contributed by atoms with Crippen molar-refractivity contribution in [2.45, 2.75) is 25.9 Å². The Bertz CT molecular complexity index is 3230. The number of carbonyl (C=O) groups excluding carboxylic acids is 1. The van der Waals surface area contributed by atoms with Crippen LogP contribution in [-0.4, -0.2) is 43.3 Å². The minimum atomic E-state index is -0.916. The van der Waals surface area contributed by atoms with E-state index in [1.165, 1.54) is 34.7 Å². The maximum absolute atomic E-state index is 12.6. The number of rotatable bonds is 12. The van der Waals surface area contributed by atoms with Gasteiger partial charge >= 0.3 is 11.9 Å². The second kappa shape index (κ2) is 19.4. The number of carbonyl (C=O) groups is 2. The number of pyridine rings is 2. The van der Waals surface area contributed by atoms with Gasteiger partial charge in [0.25, 0.3) is 0 Å². The molecule has 0 saturated carbocycles. The molecule has 0 radical (unpaired) electrons. The van der Waals surface area contributed by atoms with Gasteiger partial charge in [-0.05, 0) is 129 Å². The van der Waals surface area contributed by atoms with Crippen LogP contribution in [0, 0.1) is 0 Å². The number of benzene rings is 6. The van der Waals surface area contributed by atoms with E-state index in [1.807, 2.05) is 66.7 Å². The van der Waals surface area contributed by atoms with E-state index < -0.39 is 5.97 Å². The van der Waals surface area contributed by atoms with Crippen molar-refractivity contribution >= 4 is 33.7 Å². The summed E-state index contributed by atoms with van der Waals surface area (Å²) in [6.07, 6.45) is 12.4. The van der Waals surface area contributed by atoms with Crippen LogP contribution in [0.2, 0.25) is 0 Å². The highest BCUT2D eigenvalue weighted by Crippen LogP contribution is 2.28. The highest BCUT2D eigenvalue weighted by atomic mass is 16.5. The molecule has 1 N–H and O–H groups in total. The molecule has 8 heteroatoms. The predicted octanol–water partition coefficient (Wildman–Crippen LogP) is 12.2. The molecule has 0 saturated heterocycles. The smallest absolute Gasteiger partial charge is 0.338 e. The number of ether oxygens (including phenoxy) is 1. The molecular weight excluding hydrogens is 805 g/mol. The summed E-state index contributed by atoms with van der Waals surface area (Å²) >= 11 is 0. The fraction of sp³-hybridized carbons (Fsp3) is 0.0877. The predicted molar refractivity (Wildman–Crippen MR) is 258 cm³/mol. The monoisotopic (exact) mass is 850 g/mol. The second-order valence-corrected chi connectivity index (χ2v) is 16.0. The highest BCUT2D eigenvalue weighted by Gasteiger charge is 2.16. The van der Waals surface area contributed by atoms with Gasteiger partial charge in [-0.3, -0.25) is 9.97 Å². The SMILES string of the molecule is COC(=O)c1cc(-c2cccnc2)ccc1Cc1ccc2c(ccn2Cc2ccccc2)c1.O=C(O)c1cc(-c2cccnc2)ccc1Cc1ccc2c(ccn2Cc2ccccc2)c1. The molecule has 0 bridgehead atoms. The van der Waals surface area contributed by atoms with E-state index in [9.17, 15) is 14.7 Å². The Balaban J connectivity index is 0.000000164. The Morgan fingerprint density at radius 3 is 1.42 bits per heavy atom. The third kappa shape index (κ3) is 9.83. The lowest BCUT2D eigenvalue weighted by molar-refractivity contribution is 0.0598. The first-order chi connectivity index (χ1) is 31.9. The molecule has 0 atom stereocenters. The molecule has 318 valence electrons. The molecule has 0 spiro atoms. The van der Waals surface area contributed by atoms with E-state index in [4.69, 9.17) is 4.74 Å². The first-order valence-electron chi connectivity index (χ1n) is 21.5. The molecule has 4 aromatic heterocycles. The Labute approximate surface area is 377 Å². The van der Waals surface area contributed by atoms with Crippen LogP contribution in [0.4, 0.5) is 0 Å². The van der Waals surface area contributed by atoms with Crippen molar-refractivity contribution < 1.29 is 19.4 Å². The molecular formula is C57H46N4O4. The molecule has 65 heavy (non-hydrogen) atoms. The number of fused-ring (bicyclic) bond motifs is 2. The van der Waals surface area contributed by atoms with Gasteiger partial charge in [0.2, 0.25) is 0 Å². The summed E-state index contributed by atoms with van der Waals surface area (Å²) < 4.78 is 9.57. The molecule has 0 aliphatic carbocycles. The summed E-state index contributed by atoms with van der Waals surface area (Å²) in [7, 11) is 1.42. The van der Waals surface area contributed by atoms with Gasteiger partial charge in [0, 0.05) is 72.4 Å². The fourth-order valence-corrected chi connectivity index (χ4v) is 8.38. The third-order valence-electron chi connectivity index (χ3n) is 11.7. The first-order valence-corrected chi connectivity index (χ1v) is 21.5. The Morgan fingerprint density at radius 2 is 0.969 bits per heavy atom. The van der Waals surface area contributed by atoms with Crippen molar-refractivity contribution in [3.8, 4) is 22.3 Å². The van der Waals surface area contributed by atoms with E-state index in [-0.39, 0.29) is 5.97 Å². The molecule has 0 aliphatic heterocycles. The quantitative estimate of drug-likeness (QED) is 0.123. The number of hydrogen-bond donors (Lipinski definition) is 1. The lowest BCUT2D eigenvalue weighted by Gasteiger charge is -2.11. The zero-order valence-corrected chi connectivity index (χ0v) is 35.9. The number of hydrogen-bond acceptors (Lipinski definition) is 5. The van der Waals surface area contributed by atoms with Crippen LogP contribution in [-0.2, 0) is 30.7 Å². The van der Waals surface area contributed by atoms with Crippen molar-refractivity contribution in [1.82, 2.24) is 19.1 Å². The number of nitrogens with zero attached hydrogens (tertiary/aromatic N) is 4. The van der Waals surface area contributed by atoms with Crippen LogP contribution < -0.4 is 0 Å². The van der Waals surface area contributed by atoms with Gasteiger partial charge in [-0.15, -0.1) is 0 Å². The highest BCUT2D eigenvalue weighted by molar-refractivity contribution is 5.93. The average Bonchev–Trinajstić information content (AvgIpc) is 3.95. The van der Waals surface area contributed by atoms with E-state index in [1.54, 1.807) is 30.9 Å². The molecule has 8 nitrogen and oxygen atoms in total. The lowest BCUT2D eigenvalue weighted by Crippen LogP contribution is -2.07. The summed E-state index contributed by atoms with van der Waals surface area (Å²) in [6.45, 7) is 1.66. The van der Waals surface area contributed by atoms with Gasteiger partial charge in [-0.1, -0.05) is 109 Å². The molecule has 10 rings (SSSR count). The number of carboxylic acids is 1. The average molecular weight is 851 g/mol. The Hall–Kier alpha value is -8.36. The van der Waals surface area contributed by atoms with Crippen LogP contribution in [0.3, 0.4) is 0 Å². The van der Waals surface area contributed by atoms with E-state index in [0.717, 1.165) is 63.0 Å². The standard InChI is InChI=1S/C29H24N2O2.C28H22N2O2/c1-33-29(32)27-18-23(26-8-5-14-30-19-26)10-11-24(27)16-22-9-12-28-25(17-22)13-15-31(28)20-21-6-3-2-4-7-21;31-28(32)26-17-22(25-7-4-13-29-18-25)9-10-23(26)15-21-8-11-27-24(16-21)12-14-30(27)19-20-5-2-1-3-6-20/h2-15,17-19H,16,20H2,1H3;1-14,16-18H,15,19H2,(H,31,32). The zero-order chi connectivity index (χ0) is 44.5. The molecule has 0 fully saturated rings. The molecule has 0 aliphatic rings. The summed E-state index contributed by atoms with van der Waals surface area (Å²) in [4.78, 5) is 32.8. The molecule has 10 aromatic rings. The van der Waals surface area contributed by atoms with Gasteiger partial charge in [-0.2, -0.15) is 0 Å². The van der Waals surface area contributed by atoms with Crippen molar-refractivity contribution in [3.05, 3.63) is 252 Å². The van der Waals surface area contributed by atoms with Crippen molar-refractivity contribution in [3.63, 3.8) is 0 Å². The summed E-state index contributed by atoms with van der Waals surface area (Å²) in [5.74, 6) is -1.24. The number of esters is 1. The number of aromatic carboxylic acids is 1. The van der Waals surface area contributed by atoms with Gasteiger partial charge in [0.1, 0.15) is 0 Å². The van der Waals surface area contributed by atoms with Crippen LogP contribution in [0.1, 0.15) is 54.1 Å². The van der Waals surface area contributed by atoms with Crippen molar-refractivity contribution in [2.75, 3.05) is 7.11 Å². The van der Waals surface area contributed by atoms with Gasteiger partial charge in [-0.25, -0.2) is 9.59 Å². The van der Waals surface area contributed by atoms with Crippen LogP contribution in [0.15, 0.2) is 207 Å². The van der Waals surface area contributed by atoms with Gasteiger partial charge in [0.15, 0.2) is 0 Å². The second-order valence-electron chi connectivity index (χ2n) is 16.0. The van der Waals surface area contributed by atoms with Gasteiger partial charge < -0.3 is 19.0 Å². The zero-order valence-electron chi connectivity index (χ0n) is 35.9. The van der Waals surface area contributed by atoms with Crippen molar-refractivity contribution in [1.29, 1.82) is 0 Å². The number of carboxylic acid groups (broad SMARTS) is 1. The molecule has 0 amide bonds. The third-order valence-corrected chi connectivity index (χ3v) is 11.7. The van der Waals surface area contributed by atoms with Crippen molar-refractivity contribution in [2.24, 2.45) is 0 Å². The lowest BCUT2D eigenvalue weighted by atomic mass is 9.95. The molecule has 0 unspecified atom stereocenters. The molecule has 6 aromatic carbocycles. The van der Waals surface area contributed by atoms with Crippen LogP contribution >= 0.6 is 0 Å². The largest absolute Gasteiger partial charge is 0.478 e. The minimum Gasteiger partial charge on any atom is -0.478 e. The van der Waals surface area contributed by atoms with Gasteiger partial charge in [0.05, 0.1) is 18.2 Å². The summed E-state index contributed by atoms with van der Waals surface area (Å²) in [5.41, 5.74) is 13.5. The minimum absolute atomic E-state index is 0.327. The van der Waals surface area contributed by atoms with E-state index in [2.05, 4.69) is 129 Å². The number of aromatic nitrogens is 4. The topological polar surface area (TPSA) is 99.2 Å². The fourth-order valence-electron chi connectivity index (χ4n) is 8.38. The Kier molecular flexibility index (Phi) is 12.5. The van der Waals surface area contributed by atoms with E-state index >= 15 is 0 Å². The maximum Gasteiger partial charge on any atom is 0.338 e. The first kappa shape index (κ1) is 42.0. The Morgan fingerprint density at radius 1 is 0.492 bits per heavy atom.